The molecule has 3 aromatic rings. The van der Waals surface area contributed by atoms with E-state index in [1.54, 1.807) is 0 Å². The Morgan fingerprint density at radius 1 is 1.06 bits per heavy atom. The number of hydrogen-bond acceptors (Lipinski definition) is 5. The molecule has 0 bridgehead atoms. The van der Waals surface area contributed by atoms with Gasteiger partial charge in [0.25, 0.3) is 10.0 Å². The minimum absolute atomic E-state index is 0.0440. The lowest BCUT2D eigenvalue weighted by atomic mass is 9.97. The van der Waals surface area contributed by atoms with E-state index >= 15 is 0 Å². The van der Waals surface area contributed by atoms with Crippen molar-refractivity contribution in [3.63, 3.8) is 0 Å². The number of sulfonamides is 1. The number of alkyl halides is 3. The Morgan fingerprint density at radius 2 is 1.79 bits per heavy atom. The van der Waals surface area contributed by atoms with Crippen LogP contribution in [0.5, 0.6) is 0 Å². The molecule has 0 aliphatic heterocycles. The number of anilines is 1. The SMILES string of the molecule is COCN(c1ccc(C(F)(F)F)c(-c2cc(F)ccc2C2CC2)n1)S(=O)(=O)c1cccc(F)n1. The number of aromatic nitrogens is 2. The molecule has 0 atom stereocenters. The maximum atomic E-state index is 14.1. The molecule has 0 spiro atoms. The van der Waals surface area contributed by atoms with Crippen molar-refractivity contribution in [3.05, 3.63) is 71.4 Å². The average Bonchev–Trinajstić information content (AvgIpc) is 3.61. The predicted octanol–water partition coefficient (Wildman–Crippen LogP) is 5.12. The summed E-state index contributed by atoms with van der Waals surface area (Å²) in [5, 5.41) is -0.683. The summed E-state index contributed by atoms with van der Waals surface area (Å²) in [6, 6.07) is 8.16. The summed E-state index contributed by atoms with van der Waals surface area (Å²) in [6.45, 7) is -0.642. The highest BCUT2D eigenvalue weighted by molar-refractivity contribution is 7.92. The van der Waals surface area contributed by atoms with E-state index in [4.69, 9.17) is 4.74 Å². The van der Waals surface area contributed by atoms with Crippen LogP contribution in [-0.4, -0.2) is 32.2 Å². The van der Waals surface area contributed by atoms with Crippen LogP contribution in [0.15, 0.2) is 53.6 Å². The highest BCUT2D eigenvalue weighted by Gasteiger charge is 2.38. The minimum Gasteiger partial charge on any atom is -0.363 e. The van der Waals surface area contributed by atoms with E-state index in [9.17, 15) is 30.4 Å². The van der Waals surface area contributed by atoms with E-state index in [1.807, 2.05) is 0 Å². The van der Waals surface area contributed by atoms with Crippen LogP contribution in [0.1, 0.15) is 29.9 Å². The van der Waals surface area contributed by atoms with Crippen LogP contribution in [0.4, 0.5) is 27.8 Å². The van der Waals surface area contributed by atoms with Crippen molar-refractivity contribution in [2.24, 2.45) is 0 Å². The summed E-state index contributed by atoms with van der Waals surface area (Å²) < 4.78 is 101. The standard InChI is InChI=1S/C22H18F5N3O3S/c1-33-12-30(34(31,32)20-4-2-3-18(24)28-20)19-10-9-17(22(25,26)27)21(29-19)16-11-14(23)7-8-15(16)13-5-6-13/h2-4,7-11,13H,5-6,12H2,1H3. The number of methoxy groups -OCH3 is 1. The Morgan fingerprint density at radius 3 is 2.41 bits per heavy atom. The molecule has 6 nitrogen and oxygen atoms in total. The van der Waals surface area contributed by atoms with Crippen LogP contribution < -0.4 is 4.31 Å². The molecule has 34 heavy (non-hydrogen) atoms. The lowest BCUT2D eigenvalue weighted by molar-refractivity contribution is -0.137. The summed E-state index contributed by atoms with van der Waals surface area (Å²) in [6.07, 6.45) is -3.38. The molecular weight excluding hydrogens is 481 g/mol. The molecule has 4 rings (SSSR count). The van der Waals surface area contributed by atoms with Gasteiger partial charge in [-0.05, 0) is 60.7 Å². The number of rotatable bonds is 7. The van der Waals surface area contributed by atoms with Gasteiger partial charge in [-0.25, -0.2) is 18.7 Å². The number of pyridine rings is 2. The van der Waals surface area contributed by atoms with Crippen molar-refractivity contribution >= 4 is 15.8 Å². The van der Waals surface area contributed by atoms with Crippen molar-refractivity contribution in [1.82, 2.24) is 9.97 Å². The lowest BCUT2D eigenvalue weighted by Crippen LogP contribution is -2.34. The zero-order chi connectivity index (χ0) is 24.7. The normalized spacial score (nSPS) is 14.3. The summed E-state index contributed by atoms with van der Waals surface area (Å²) >= 11 is 0. The van der Waals surface area contributed by atoms with Crippen LogP contribution in [0, 0.1) is 11.8 Å². The third-order valence-electron chi connectivity index (χ3n) is 5.22. The summed E-state index contributed by atoms with van der Waals surface area (Å²) in [7, 11) is -3.40. The molecule has 1 fully saturated rings. The van der Waals surface area contributed by atoms with Crippen molar-refractivity contribution in [1.29, 1.82) is 0 Å². The number of nitrogens with zero attached hydrogens (tertiary/aromatic N) is 3. The maximum absolute atomic E-state index is 14.1. The van der Waals surface area contributed by atoms with E-state index in [1.165, 1.54) is 13.2 Å². The van der Waals surface area contributed by atoms with Gasteiger partial charge in [-0.1, -0.05) is 12.1 Å². The molecule has 180 valence electrons. The lowest BCUT2D eigenvalue weighted by Gasteiger charge is -2.24. The molecule has 0 radical (unpaired) electrons. The predicted molar refractivity (Wildman–Crippen MR) is 112 cm³/mol. The largest absolute Gasteiger partial charge is 0.418 e. The van der Waals surface area contributed by atoms with E-state index < -0.39 is 56.8 Å². The number of ether oxygens (including phenoxy) is 1. The number of hydrogen-bond donors (Lipinski definition) is 0. The zero-order valence-electron chi connectivity index (χ0n) is 17.7. The van der Waals surface area contributed by atoms with Gasteiger partial charge in [0.1, 0.15) is 18.4 Å². The smallest absolute Gasteiger partial charge is 0.363 e. The fourth-order valence-electron chi connectivity index (χ4n) is 3.53. The summed E-state index contributed by atoms with van der Waals surface area (Å²) in [5.74, 6) is -2.29. The molecule has 1 aliphatic rings. The van der Waals surface area contributed by atoms with Crippen molar-refractivity contribution in [2.75, 3.05) is 18.1 Å². The van der Waals surface area contributed by atoms with Gasteiger partial charge in [-0.15, -0.1) is 0 Å². The first kappa shape index (κ1) is 24.0. The molecule has 2 heterocycles. The van der Waals surface area contributed by atoms with Crippen LogP contribution >= 0.6 is 0 Å². The van der Waals surface area contributed by atoms with E-state index in [0.717, 1.165) is 49.2 Å². The second-order valence-corrected chi connectivity index (χ2v) is 9.45. The van der Waals surface area contributed by atoms with Crippen molar-refractivity contribution in [3.8, 4) is 11.3 Å². The van der Waals surface area contributed by atoms with Gasteiger partial charge in [-0.3, -0.25) is 0 Å². The molecule has 0 amide bonds. The third kappa shape index (κ3) is 4.73. The van der Waals surface area contributed by atoms with Crippen LogP contribution in [0.25, 0.3) is 11.3 Å². The molecule has 2 aromatic heterocycles. The molecule has 1 aromatic carbocycles. The quantitative estimate of drug-likeness (QED) is 0.257. The fourth-order valence-corrected chi connectivity index (χ4v) is 4.80. The summed E-state index contributed by atoms with van der Waals surface area (Å²) in [5.41, 5.74) is -1.35. The third-order valence-corrected chi connectivity index (χ3v) is 6.85. The highest BCUT2D eigenvalue weighted by Crippen LogP contribution is 2.47. The van der Waals surface area contributed by atoms with Gasteiger partial charge < -0.3 is 4.74 Å². The average molecular weight is 499 g/mol. The van der Waals surface area contributed by atoms with Gasteiger partial charge >= 0.3 is 6.18 Å². The monoisotopic (exact) mass is 499 g/mol. The van der Waals surface area contributed by atoms with Gasteiger partial charge in [0.15, 0.2) is 5.03 Å². The highest BCUT2D eigenvalue weighted by atomic mass is 32.2. The Balaban J connectivity index is 1.92. The molecule has 1 saturated carbocycles. The fraction of sp³-hybridized carbons (Fsp3) is 0.273. The van der Waals surface area contributed by atoms with Gasteiger partial charge in [0.2, 0.25) is 5.95 Å². The maximum Gasteiger partial charge on any atom is 0.418 e. The Kier molecular flexibility index (Phi) is 6.30. The van der Waals surface area contributed by atoms with Crippen LogP contribution in [-0.2, 0) is 20.9 Å². The second-order valence-electron chi connectivity index (χ2n) is 7.64. The molecule has 0 N–H and O–H groups in total. The molecular formula is C22H18F5N3O3S. The Labute approximate surface area is 192 Å². The minimum atomic E-state index is -4.84. The first-order chi connectivity index (χ1) is 16.0. The second kappa shape index (κ2) is 8.91. The Bertz CT molecular complexity index is 1330. The molecule has 1 aliphatic carbocycles. The summed E-state index contributed by atoms with van der Waals surface area (Å²) in [4.78, 5) is 7.37. The van der Waals surface area contributed by atoms with E-state index in [0.29, 0.717) is 15.9 Å². The van der Waals surface area contributed by atoms with Gasteiger partial charge in [-0.2, -0.15) is 26.0 Å². The topological polar surface area (TPSA) is 72.4 Å². The number of benzene rings is 1. The number of halogens is 5. The van der Waals surface area contributed by atoms with E-state index in [2.05, 4.69) is 9.97 Å². The van der Waals surface area contributed by atoms with Crippen molar-refractivity contribution in [2.45, 2.75) is 30.0 Å². The van der Waals surface area contributed by atoms with Crippen LogP contribution in [0.3, 0.4) is 0 Å². The van der Waals surface area contributed by atoms with Gasteiger partial charge in [0, 0.05) is 12.7 Å². The zero-order valence-corrected chi connectivity index (χ0v) is 18.5. The van der Waals surface area contributed by atoms with Gasteiger partial charge in [0.05, 0.1) is 11.3 Å². The first-order valence-electron chi connectivity index (χ1n) is 10.0. The molecule has 0 unspecified atom stereocenters. The van der Waals surface area contributed by atoms with Crippen molar-refractivity contribution < 1.29 is 35.1 Å². The first-order valence-corrected chi connectivity index (χ1v) is 11.5. The van der Waals surface area contributed by atoms with E-state index in [-0.39, 0.29) is 11.5 Å². The molecule has 12 heteroatoms. The molecule has 0 saturated heterocycles. The Hall–Kier alpha value is -3.12. The van der Waals surface area contributed by atoms with Crippen LogP contribution in [0.2, 0.25) is 0 Å².